The van der Waals surface area contributed by atoms with Gasteiger partial charge in [-0.3, -0.25) is 4.21 Å². The molecule has 1 atom stereocenters. The summed E-state index contributed by atoms with van der Waals surface area (Å²) in [7, 11) is 1.65. The number of hydrogen-bond acceptors (Lipinski definition) is 4. The second-order valence-corrected chi connectivity index (χ2v) is 6.50. The van der Waals surface area contributed by atoms with Gasteiger partial charge < -0.3 is 9.47 Å². The fourth-order valence-electron chi connectivity index (χ4n) is 1.45. The van der Waals surface area contributed by atoms with Gasteiger partial charge >= 0.3 is 5.51 Å². The van der Waals surface area contributed by atoms with Gasteiger partial charge in [-0.15, -0.1) is 0 Å². The molecule has 1 aromatic carbocycles. The molecule has 0 N–H and O–H groups in total. The summed E-state index contributed by atoms with van der Waals surface area (Å²) < 4.78 is 58.8. The second kappa shape index (κ2) is 7.90. The molecule has 3 nitrogen and oxygen atoms in total. The molecule has 0 radical (unpaired) electrons. The van der Waals surface area contributed by atoms with Crippen molar-refractivity contribution >= 4 is 22.6 Å². The Labute approximate surface area is 122 Å². The molecule has 20 heavy (non-hydrogen) atoms. The minimum atomic E-state index is -4.39. The van der Waals surface area contributed by atoms with E-state index in [0.29, 0.717) is 17.9 Å². The van der Waals surface area contributed by atoms with Gasteiger partial charge in [-0.2, -0.15) is 13.2 Å². The van der Waals surface area contributed by atoms with E-state index >= 15 is 0 Å². The predicted molar refractivity (Wildman–Crippen MR) is 73.5 cm³/mol. The third-order valence-electron chi connectivity index (χ3n) is 2.30. The fourth-order valence-corrected chi connectivity index (χ4v) is 3.21. The molecular formula is C12H15F3O3S2. The molecule has 0 heterocycles. The Morgan fingerprint density at radius 1 is 1.30 bits per heavy atom. The zero-order valence-corrected chi connectivity index (χ0v) is 12.7. The summed E-state index contributed by atoms with van der Waals surface area (Å²) in [5, 5.41) is 0. The van der Waals surface area contributed by atoms with Gasteiger partial charge in [-0.25, -0.2) is 0 Å². The Kier molecular flexibility index (Phi) is 6.84. The molecule has 0 aliphatic carbocycles. The lowest BCUT2D eigenvalue weighted by Gasteiger charge is -2.12. The van der Waals surface area contributed by atoms with Crippen LogP contribution in [0.1, 0.15) is 5.56 Å². The summed E-state index contributed by atoms with van der Waals surface area (Å²) in [6.07, 6.45) is 0. The summed E-state index contributed by atoms with van der Waals surface area (Å²) in [6.45, 7) is 0.354. The largest absolute Gasteiger partial charge is 0.496 e. The maximum Gasteiger partial charge on any atom is 0.446 e. The van der Waals surface area contributed by atoms with Gasteiger partial charge in [0.25, 0.3) is 0 Å². The maximum absolute atomic E-state index is 12.4. The highest BCUT2D eigenvalue weighted by molar-refractivity contribution is 8.00. The van der Waals surface area contributed by atoms with Gasteiger partial charge in [-0.1, -0.05) is 6.07 Å². The smallest absolute Gasteiger partial charge is 0.446 e. The molecule has 0 aliphatic heterocycles. The van der Waals surface area contributed by atoms with Gasteiger partial charge in [0.15, 0.2) is 0 Å². The number of alkyl halides is 3. The van der Waals surface area contributed by atoms with Gasteiger partial charge in [0.2, 0.25) is 0 Å². The minimum Gasteiger partial charge on any atom is -0.496 e. The van der Waals surface area contributed by atoms with Crippen LogP contribution in [0.2, 0.25) is 0 Å². The van der Waals surface area contributed by atoms with E-state index in [4.69, 9.17) is 9.47 Å². The Morgan fingerprint density at radius 2 is 2.00 bits per heavy atom. The lowest BCUT2D eigenvalue weighted by Crippen LogP contribution is -2.07. The summed E-state index contributed by atoms with van der Waals surface area (Å²) in [4.78, 5) is -0.0266. The monoisotopic (exact) mass is 328 g/mol. The van der Waals surface area contributed by atoms with Crippen LogP contribution in [0.5, 0.6) is 5.75 Å². The van der Waals surface area contributed by atoms with Gasteiger partial charge in [0.05, 0.1) is 18.6 Å². The highest BCUT2D eigenvalue weighted by Crippen LogP contribution is 2.41. The third-order valence-corrected chi connectivity index (χ3v) is 4.34. The number of halogens is 3. The van der Waals surface area contributed by atoms with Crippen molar-refractivity contribution in [2.45, 2.75) is 16.2 Å². The second-order valence-electron chi connectivity index (χ2n) is 3.81. The summed E-state index contributed by atoms with van der Waals surface area (Å²) in [6, 6.07) is 4.43. The Morgan fingerprint density at radius 3 is 2.55 bits per heavy atom. The lowest BCUT2D eigenvalue weighted by molar-refractivity contribution is -0.0328. The van der Waals surface area contributed by atoms with E-state index in [2.05, 4.69) is 0 Å². The zero-order valence-electron chi connectivity index (χ0n) is 11.0. The van der Waals surface area contributed by atoms with E-state index in [1.807, 2.05) is 0 Å². The van der Waals surface area contributed by atoms with Gasteiger partial charge in [0, 0.05) is 29.4 Å². The standard InChI is InChI=1S/C12H15F3O3S2/c1-17-5-6-20(16)8-9-3-4-10(18-2)11(7-9)19-12(13,14)15/h3-4,7H,5-6,8H2,1-2H3/t20-/m1/s1. The topological polar surface area (TPSA) is 35.5 Å². The molecule has 0 aromatic heterocycles. The number of rotatable bonds is 7. The molecule has 1 aromatic rings. The fraction of sp³-hybridized carbons (Fsp3) is 0.500. The van der Waals surface area contributed by atoms with Crippen LogP contribution in [0, 0.1) is 0 Å². The molecule has 0 amide bonds. The number of hydrogen-bond donors (Lipinski definition) is 0. The van der Waals surface area contributed by atoms with Crippen LogP contribution in [0.3, 0.4) is 0 Å². The first-order chi connectivity index (χ1) is 9.35. The molecule has 0 bridgehead atoms. The van der Waals surface area contributed by atoms with E-state index in [0.717, 1.165) is 0 Å². The van der Waals surface area contributed by atoms with Crippen LogP contribution >= 0.6 is 11.8 Å². The van der Waals surface area contributed by atoms with Crippen molar-refractivity contribution < 1.29 is 26.9 Å². The number of ether oxygens (including phenoxy) is 2. The van der Waals surface area contributed by atoms with Gasteiger partial charge in [0.1, 0.15) is 5.75 Å². The highest BCUT2D eigenvalue weighted by Gasteiger charge is 2.31. The van der Waals surface area contributed by atoms with E-state index in [9.17, 15) is 17.4 Å². The van der Waals surface area contributed by atoms with Crippen LogP contribution in [0.15, 0.2) is 23.1 Å². The van der Waals surface area contributed by atoms with Crippen molar-refractivity contribution in [2.24, 2.45) is 0 Å². The summed E-state index contributed by atoms with van der Waals surface area (Å²) >= 11 is -0.238. The minimum absolute atomic E-state index is 0.0266. The first kappa shape index (κ1) is 17.3. The third kappa shape index (κ3) is 6.15. The lowest BCUT2D eigenvalue weighted by atomic mass is 10.2. The Balaban J connectivity index is 2.84. The molecule has 0 spiro atoms. The molecule has 0 aliphatic rings. The van der Waals surface area contributed by atoms with Crippen LogP contribution in [0.4, 0.5) is 13.2 Å². The summed E-state index contributed by atoms with van der Waals surface area (Å²) in [5.74, 6) is 0.696. The maximum atomic E-state index is 12.4. The first-order valence-corrected chi connectivity index (χ1v) is 7.92. The van der Waals surface area contributed by atoms with Crippen LogP contribution in [-0.2, 0) is 21.3 Å². The highest BCUT2D eigenvalue weighted by atomic mass is 32.2. The van der Waals surface area contributed by atoms with Crippen molar-refractivity contribution in [3.8, 4) is 5.75 Å². The van der Waals surface area contributed by atoms with Crippen LogP contribution in [-0.4, -0.2) is 36.3 Å². The normalized spacial score (nSPS) is 13.2. The molecule has 0 saturated heterocycles. The quantitative estimate of drug-likeness (QED) is 0.720. The SMILES string of the molecule is COCC[S@@](=O)Cc1ccc(OC)c(SC(F)(F)F)c1. The molecule has 0 unspecified atom stereocenters. The number of thioether (sulfide) groups is 1. The van der Waals surface area contributed by atoms with Crippen LogP contribution < -0.4 is 4.74 Å². The summed E-state index contributed by atoms with van der Waals surface area (Å²) in [5.41, 5.74) is -3.81. The molecule has 0 fully saturated rings. The molecule has 114 valence electrons. The Bertz CT molecular complexity index is 464. The number of benzene rings is 1. The van der Waals surface area contributed by atoms with Gasteiger partial charge in [-0.05, 0) is 29.5 Å². The van der Waals surface area contributed by atoms with Crippen molar-refractivity contribution in [2.75, 3.05) is 26.6 Å². The van der Waals surface area contributed by atoms with E-state index < -0.39 is 16.3 Å². The zero-order chi connectivity index (χ0) is 15.2. The Hall–Kier alpha value is -0.730. The average molecular weight is 328 g/mol. The van der Waals surface area contributed by atoms with E-state index in [1.54, 1.807) is 6.07 Å². The van der Waals surface area contributed by atoms with Crippen molar-refractivity contribution in [3.05, 3.63) is 23.8 Å². The van der Waals surface area contributed by atoms with E-state index in [-0.39, 0.29) is 28.2 Å². The van der Waals surface area contributed by atoms with Crippen molar-refractivity contribution in [3.63, 3.8) is 0 Å². The predicted octanol–water partition coefficient (Wildman–Crippen LogP) is 3.20. The van der Waals surface area contributed by atoms with Crippen molar-refractivity contribution in [1.29, 1.82) is 0 Å². The van der Waals surface area contributed by atoms with E-state index in [1.165, 1.54) is 26.4 Å². The number of methoxy groups -OCH3 is 2. The van der Waals surface area contributed by atoms with Crippen LogP contribution in [0.25, 0.3) is 0 Å². The molecular weight excluding hydrogens is 313 g/mol. The molecule has 1 rings (SSSR count). The first-order valence-electron chi connectivity index (χ1n) is 5.62. The molecule has 8 heteroatoms. The average Bonchev–Trinajstić information content (AvgIpc) is 2.35. The molecule has 0 saturated carbocycles. The van der Waals surface area contributed by atoms with Crippen molar-refractivity contribution in [1.82, 2.24) is 0 Å².